The Bertz CT molecular complexity index is 1190. The van der Waals surface area contributed by atoms with Crippen molar-refractivity contribution in [3.63, 3.8) is 0 Å². The van der Waals surface area contributed by atoms with E-state index in [1.165, 1.54) is 6.07 Å². The van der Waals surface area contributed by atoms with Crippen LogP contribution in [-0.2, 0) is 24.3 Å². The summed E-state index contributed by atoms with van der Waals surface area (Å²) in [6, 6.07) is 4.80. The van der Waals surface area contributed by atoms with E-state index < -0.39 is 5.97 Å². The number of aromatic carboxylic acids is 1. The second-order valence-corrected chi connectivity index (χ2v) is 7.54. The normalized spacial score (nSPS) is 14.3. The average Bonchev–Trinajstić information content (AvgIpc) is 3.29. The number of nitrogens with one attached hydrogen (secondary N) is 2. The molecule has 2 aromatic heterocycles. The third kappa shape index (κ3) is 4.00. The maximum Gasteiger partial charge on any atom is 0.335 e. The molecule has 4 rings (SSSR count). The van der Waals surface area contributed by atoms with Crippen LogP contribution in [0.1, 0.15) is 51.9 Å². The number of benzene rings is 1. The molecule has 0 radical (unpaired) electrons. The average molecular weight is 424 g/mol. The summed E-state index contributed by atoms with van der Waals surface area (Å²) in [7, 11) is 0. The van der Waals surface area contributed by atoms with E-state index in [1.807, 2.05) is 18.4 Å². The highest BCUT2D eigenvalue weighted by molar-refractivity contribution is 6.03. The van der Waals surface area contributed by atoms with Gasteiger partial charge in [-0.25, -0.2) is 9.78 Å². The summed E-state index contributed by atoms with van der Waals surface area (Å²) in [5.74, 6) is -1.13. The van der Waals surface area contributed by atoms with Gasteiger partial charge in [0.2, 0.25) is 11.9 Å². The minimum Gasteiger partial charge on any atom is -0.478 e. The second-order valence-electron chi connectivity index (χ2n) is 7.54. The van der Waals surface area contributed by atoms with Gasteiger partial charge in [0.1, 0.15) is 5.69 Å². The highest BCUT2D eigenvalue weighted by Crippen LogP contribution is 2.27. The fourth-order valence-electron chi connectivity index (χ4n) is 3.92. The molecule has 3 heterocycles. The Hall–Kier alpha value is -3.69. The molecule has 0 saturated carbocycles. The minimum atomic E-state index is -1.07. The number of hydrogen-bond donors (Lipinski definition) is 3. The number of amides is 2. The molecule has 10 heteroatoms. The molecule has 3 N–H and O–H groups in total. The van der Waals surface area contributed by atoms with E-state index in [9.17, 15) is 19.5 Å². The molecule has 2 amide bonds. The predicted octanol–water partition coefficient (Wildman–Crippen LogP) is 1.96. The van der Waals surface area contributed by atoms with E-state index in [0.29, 0.717) is 49.6 Å². The Morgan fingerprint density at radius 2 is 2.06 bits per heavy atom. The lowest BCUT2D eigenvalue weighted by molar-refractivity contribution is -0.121. The molecule has 31 heavy (non-hydrogen) atoms. The van der Waals surface area contributed by atoms with Crippen molar-refractivity contribution < 1.29 is 19.5 Å². The first-order chi connectivity index (χ1) is 14.9. The molecular formula is C21H24N6O4. The third-order valence-corrected chi connectivity index (χ3v) is 5.33. The van der Waals surface area contributed by atoms with E-state index in [4.69, 9.17) is 0 Å². The number of carboxylic acid groups (broad SMARTS) is 1. The number of carbonyl (C=O) groups is 3. The number of anilines is 1. The van der Waals surface area contributed by atoms with Gasteiger partial charge in [-0.1, -0.05) is 0 Å². The predicted molar refractivity (Wildman–Crippen MR) is 113 cm³/mol. The van der Waals surface area contributed by atoms with Crippen LogP contribution in [0.4, 0.5) is 5.95 Å². The molecule has 1 aliphatic heterocycles. The van der Waals surface area contributed by atoms with Gasteiger partial charge in [0.15, 0.2) is 0 Å². The third-order valence-electron chi connectivity index (χ3n) is 5.33. The molecule has 162 valence electrons. The largest absolute Gasteiger partial charge is 0.478 e. The molecule has 1 aromatic carbocycles. The van der Waals surface area contributed by atoms with Gasteiger partial charge in [-0.2, -0.15) is 5.10 Å². The zero-order valence-electron chi connectivity index (χ0n) is 17.4. The van der Waals surface area contributed by atoms with Crippen molar-refractivity contribution in [3.8, 4) is 0 Å². The summed E-state index contributed by atoms with van der Waals surface area (Å²) in [4.78, 5) is 41.1. The molecule has 0 unspecified atom stereocenters. The van der Waals surface area contributed by atoms with Crippen molar-refractivity contribution in [2.24, 2.45) is 0 Å². The Kier molecular flexibility index (Phi) is 5.45. The first-order valence-corrected chi connectivity index (χ1v) is 10.3. The number of hydrogen-bond acceptors (Lipinski definition) is 5. The number of carboxylic acids is 1. The van der Waals surface area contributed by atoms with Crippen molar-refractivity contribution in [1.29, 1.82) is 0 Å². The van der Waals surface area contributed by atoms with Gasteiger partial charge in [0.25, 0.3) is 5.91 Å². The molecule has 0 aliphatic carbocycles. The molecule has 0 atom stereocenters. The van der Waals surface area contributed by atoms with Gasteiger partial charge in [0.05, 0.1) is 22.3 Å². The zero-order chi connectivity index (χ0) is 22.1. The Labute approximate surface area is 178 Å². The highest BCUT2D eigenvalue weighted by atomic mass is 16.4. The molecule has 3 aromatic rings. The maximum atomic E-state index is 13.0. The molecule has 0 fully saturated rings. The van der Waals surface area contributed by atoms with Gasteiger partial charge >= 0.3 is 5.97 Å². The topological polar surface area (TPSA) is 131 Å². The van der Waals surface area contributed by atoms with E-state index in [2.05, 4.69) is 20.7 Å². The van der Waals surface area contributed by atoms with Crippen molar-refractivity contribution in [3.05, 3.63) is 40.7 Å². The summed E-state index contributed by atoms with van der Waals surface area (Å²) in [5.41, 5.74) is 3.21. The lowest BCUT2D eigenvalue weighted by Gasteiger charge is -2.15. The first kappa shape index (κ1) is 20.6. The van der Waals surface area contributed by atoms with E-state index in [0.717, 1.165) is 16.8 Å². The highest BCUT2D eigenvalue weighted by Gasteiger charge is 2.22. The molecule has 1 aliphatic rings. The van der Waals surface area contributed by atoms with Crippen molar-refractivity contribution in [2.45, 2.75) is 46.2 Å². The van der Waals surface area contributed by atoms with Gasteiger partial charge in [0, 0.05) is 26.1 Å². The van der Waals surface area contributed by atoms with Crippen LogP contribution in [-0.4, -0.2) is 48.8 Å². The Balaban J connectivity index is 1.81. The van der Waals surface area contributed by atoms with Crippen molar-refractivity contribution >= 4 is 34.8 Å². The number of aryl methyl sites for hydroxylation is 4. The first-order valence-electron chi connectivity index (χ1n) is 10.3. The number of imidazole rings is 1. The SMILES string of the molecule is CCn1nc(C)cc1C(=O)Nc1nc2cc(C(=O)O)cc3c2n1CCCNC(=O)CC3. The van der Waals surface area contributed by atoms with Crippen LogP contribution in [0.15, 0.2) is 18.2 Å². The number of carbonyl (C=O) groups excluding carboxylic acids is 2. The number of nitrogens with zero attached hydrogens (tertiary/aromatic N) is 4. The molecule has 0 bridgehead atoms. The van der Waals surface area contributed by atoms with Crippen LogP contribution in [0.3, 0.4) is 0 Å². The molecule has 0 saturated heterocycles. The number of rotatable bonds is 4. The fraction of sp³-hybridized carbons (Fsp3) is 0.381. The van der Waals surface area contributed by atoms with Gasteiger partial charge in [-0.15, -0.1) is 0 Å². The summed E-state index contributed by atoms with van der Waals surface area (Å²) < 4.78 is 3.52. The van der Waals surface area contributed by atoms with Crippen LogP contribution < -0.4 is 10.6 Å². The lowest BCUT2D eigenvalue weighted by atomic mass is 10.0. The van der Waals surface area contributed by atoms with Crippen LogP contribution in [0.2, 0.25) is 0 Å². The maximum absolute atomic E-state index is 13.0. The summed E-state index contributed by atoms with van der Waals surface area (Å²) >= 11 is 0. The van der Waals surface area contributed by atoms with E-state index in [-0.39, 0.29) is 23.8 Å². The molecule has 0 spiro atoms. The van der Waals surface area contributed by atoms with Crippen molar-refractivity contribution in [2.75, 3.05) is 11.9 Å². The van der Waals surface area contributed by atoms with Gasteiger partial charge in [-0.3, -0.25) is 19.6 Å². The van der Waals surface area contributed by atoms with Crippen LogP contribution in [0, 0.1) is 6.92 Å². The van der Waals surface area contributed by atoms with Crippen molar-refractivity contribution in [1.82, 2.24) is 24.6 Å². The monoisotopic (exact) mass is 424 g/mol. The van der Waals surface area contributed by atoms with E-state index in [1.54, 1.807) is 16.8 Å². The standard InChI is InChI=1S/C21H24N6O4/c1-3-27-16(9-12(2)25-27)19(29)24-21-23-15-11-14(20(30)31)10-13-5-6-17(28)22-7-4-8-26(21)18(13)15/h9-11H,3-8H2,1-2H3,(H,22,28)(H,30,31)(H,23,24,29). The quantitative estimate of drug-likeness (QED) is 0.587. The second kappa shape index (κ2) is 8.21. The Morgan fingerprint density at radius 1 is 1.26 bits per heavy atom. The summed E-state index contributed by atoms with van der Waals surface area (Å²) in [6.45, 7) is 5.31. The van der Waals surface area contributed by atoms with Crippen LogP contribution in [0.25, 0.3) is 11.0 Å². The van der Waals surface area contributed by atoms with Gasteiger partial charge in [-0.05, 0) is 50.5 Å². The van der Waals surface area contributed by atoms with Gasteiger partial charge < -0.3 is 15.0 Å². The smallest absolute Gasteiger partial charge is 0.335 e. The molecule has 10 nitrogen and oxygen atoms in total. The summed E-state index contributed by atoms with van der Waals surface area (Å²) in [6.07, 6.45) is 1.27. The number of aromatic nitrogens is 4. The molecular weight excluding hydrogens is 400 g/mol. The Morgan fingerprint density at radius 3 is 2.81 bits per heavy atom. The van der Waals surface area contributed by atoms with Crippen LogP contribution >= 0.6 is 0 Å². The zero-order valence-corrected chi connectivity index (χ0v) is 17.4. The lowest BCUT2D eigenvalue weighted by Crippen LogP contribution is -2.27. The van der Waals surface area contributed by atoms with E-state index >= 15 is 0 Å². The minimum absolute atomic E-state index is 0.0708. The summed E-state index contributed by atoms with van der Waals surface area (Å²) in [5, 5.41) is 19.5. The fourth-order valence-corrected chi connectivity index (χ4v) is 3.92. The van der Waals surface area contributed by atoms with Crippen LogP contribution in [0.5, 0.6) is 0 Å².